The van der Waals surface area contributed by atoms with Gasteiger partial charge in [-0.2, -0.15) is 0 Å². The average Bonchev–Trinajstić information content (AvgIpc) is 3.16. The van der Waals surface area contributed by atoms with Gasteiger partial charge in [-0.3, -0.25) is 4.90 Å². The monoisotopic (exact) mass is 416 g/mol. The van der Waals surface area contributed by atoms with Crippen LogP contribution in [-0.4, -0.2) is 52.1 Å². The molecule has 162 valence electrons. The van der Waals surface area contributed by atoms with E-state index in [0.29, 0.717) is 0 Å². The van der Waals surface area contributed by atoms with Crippen molar-refractivity contribution in [2.75, 3.05) is 26.2 Å². The molecule has 0 saturated carbocycles. The number of H-pyrrole nitrogens is 1. The van der Waals surface area contributed by atoms with E-state index < -0.39 is 0 Å². The molecule has 1 N–H and O–H groups in total. The van der Waals surface area contributed by atoms with Gasteiger partial charge in [0.25, 0.3) is 0 Å². The lowest BCUT2D eigenvalue weighted by molar-refractivity contribution is 0.0174. The zero-order chi connectivity index (χ0) is 21.4. The quantitative estimate of drug-likeness (QED) is 0.595. The molecule has 5 nitrogen and oxygen atoms in total. The van der Waals surface area contributed by atoms with Crippen molar-refractivity contribution in [2.45, 2.75) is 45.3 Å². The van der Waals surface area contributed by atoms with Crippen LogP contribution in [0.4, 0.5) is 0 Å². The zero-order valence-corrected chi connectivity index (χ0v) is 18.6. The van der Waals surface area contributed by atoms with E-state index in [1.54, 1.807) is 0 Å². The molecule has 1 atom stereocenters. The molecule has 5 rings (SSSR count). The highest BCUT2D eigenvalue weighted by atomic mass is 16.5. The van der Waals surface area contributed by atoms with Crippen molar-refractivity contribution in [1.82, 2.24) is 19.8 Å². The first-order valence-corrected chi connectivity index (χ1v) is 11.6. The maximum absolute atomic E-state index is 6.09. The van der Waals surface area contributed by atoms with Crippen molar-refractivity contribution in [3.8, 4) is 5.88 Å². The minimum Gasteiger partial charge on any atom is -0.472 e. The molecular weight excluding hydrogens is 384 g/mol. The van der Waals surface area contributed by atoms with Gasteiger partial charge in [-0.1, -0.05) is 38.6 Å². The molecule has 0 unspecified atom stereocenters. The number of aromatic nitrogens is 2. The summed E-state index contributed by atoms with van der Waals surface area (Å²) in [6.07, 6.45) is 5.40. The summed E-state index contributed by atoms with van der Waals surface area (Å²) >= 11 is 0. The third-order valence-electron chi connectivity index (χ3n) is 6.67. The number of rotatable bonds is 7. The summed E-state index contributed by atoms with van der Waals surface area (Å²) in [5.41, 5.74) is 6.24. The van der Waals surface area contributed by atoms with Gasteiger partial charge in [0.05, 0.1) is 6.04 Å². The summed E-state index contributed by atoms with van der Waals surface area (Å²) < 4.78 is 6.09. The number of fused-ring (bicyclic) bond motifs is 3. The number of allylic oxidation sites excluding steroid dienone is 1. The number of nitrogens with zero attached hydrogens (tertiary/aromatic N) is 3. The van der Waals surface area contributed by atoms with Crippen LogP contribution in [0.3, 0.4) is 0 Å². The molecule has 0 aliphatic carbocycles. The van der Waals surface area contributed by atoms with Gasteiger partial charge in [-0.15, -0.1) is 0 Å². The molecule has 0 bridgehead atoms. The third-order valence-corrected chi connectivity index (χ3v) is 6.67. The fraction of sp³-hybridized carbons (Fsp3) is 0.423. The van der Waals surface area contributed by atoms with Gasteiger partial charge >= 0.3 is 0 Å². The summed E-state index contributed by atoms with van der Waals surface area (Å²) in [7, 11) is 0. The van der Waals surface area contributed by atoms with Crippen LogP contribution < -0.4 is 4.74 Å². The number of aromatic amines is 1. The lowest BCUT2D eigenvalue weighted by Crippen LogP contribution is -2.53. The van der Waals surface area contributed by atoms with E-state index in [1.807, 2.05) is 12.3 Å². The smallest absolute Gasteiger partial charge is 0.213 e. The molecule has 2 aliphatic heterocycles. The van der Waals surface area contributed by atoms with Gasteiger partial charge < -0.3 is 14.6 Å². The minimum atomic E-state index is 0.105. The predicted octanol–water partition coefficient (Wildman–Crippen LogP) is 4.91. The Morgan fingerprint density at radius 2 is 2.03 bits per heavy atom. The van der Waals surface area contributed by atoms with Crippen molar-refractivity contribution in [1.29, 1.82) is 0 Å². The summed E-state index contributed by atoms with van der Waals surface area (Å²) in [5, 5.41) is 1.33. The fourth-order valence-corrected chi connectivity index (χ4v) is 5.02. The Morgan fingerprint density at radius 1 is 1.19 bits per heavy atom. The summed E-state index contributed by atoms with van der Waals surface area (Å²) in [5.74, 6) is 0.721. The molecule has 1 saturated heterocycles. The summed E-state index contributed by atoms with van der Waals surface area (Å²) in [4.78, 5) is 13.2. The molecule has 1 aromatic carbocycles. The number of nitrogens with one attached hydrogen (secondary N) is 1. The number of hydrogen-bond acceptors (Lipinski definition) is 4. The highest BCUT2D eigenvalue weighted by Gasteiger charge is 2.32. The van der Waals surface area contributed by atoms with E-state index in [9.17, 15) is 0 Å². The first kappa shape index (κ1) is 20.1. The molecule has 3 aromatic rings. The maximum Gasteiger partial charge on any atom is 0.213 e. The SMILES string of the molecule is C=C(CC)N1CCc2c([nH]c3ccccc23)[C@H]1c1ccc(OC2CN(CCC)C2)nc1. The van der Waals surface area contributed by atoms with Crippen molar-refractivity contribution in [3.05, 3.63) is 71.7 Å². The van der Waals surface area contributed by atoms with Crippen LogP contribution in [0, 0.1) is 0 Å². The standard InChI is InChI=1S/C26H32N4O/c1-4-13-29-16-20(17-29)31-24-11-10-19(15-27-24)26-25-22(12-14-30(26)18(3)5-2)21-8-6-7-9-23(21)28-25/h6-11,15,20,26,28H,3-5,12-14,16-17H2,1-2H3/t26-/m1/s1. The molecule has 4 heterocycles. The molecule has 0 spiro atoms. The van der Waals surface area contributed by atoms with Crippen LogP contribution in [-0.2, 0) is 6.42 Å². The van der Waals surface area contributed by atoms with E-state index in [1.165, 1.54) is 39.8 Å². The molecule has 5 heteroatoms. The van der Waals surface area contributed by atoms with Crippen molar-refractivity contribution < 1.29 is 4.74 Å². The molecular formula is C26H32N4O. The van der Waals surface area contributed by atoms with E-state index in [0.717, 1.165) is 44.9 Å². The predicted molar refractivity (Wildman–Crippen MR) is 125 cm³/mol. The van der Waals surface area contributed by atoms with Gasteiger partial charge in [0, 0.05) is 54.2 Å². The first-order chi connectivity index (χ1) is 15.2. The van der Waals surface area contributed by atoms with Crippen LogP contribution in [0.15, 0.2) is 54.9 Å². The van der Waals surface area contributed by atoms with E-state index in [-0.39, 0.29) is 12.1 Å². The third kappa shape index (κ3) is 3.72. The van der Waals surface area contributed by atoms with E-state index in [2.05, 4.69) is 70.5 Å². The maximum atomic E-state index is 6.09. The molecule has 1 fully saturated rings. The largest absolute Gasteiger partial charge is 0.472 e. The number of pyridine rings is 1. The number of hydrogen-bond donors (Lipinski definition) is 1. The lowest BCUT2D eigenvalue weighted by atomic mass is 9.92. The van der Waals surface area contributed by atoms with E-state index >= 15 is 0 Å². The van der Waals surface area contributed by atoms with Gasteiger partial charge in [-0.05, 0) is 49.1 Å². The Hall–Kier alpha value is -2.79. The van der Waals surface area contributed by atoms with Crippen molar-refractivity contribution in [3.63, 3.8) is 0 Å². The lowest BCUT2D eigenvalue weighted by Gasteiger charge is -2.39. The molecule has 2 aromatic heterocycles. The Kier molecular flexibility index (Phi) is 5.45. The number of ether oxygens (including phenoxy) is 1. The molecule has 31 heavy (non-hydrogen) atoms. The minimum absolute atomic E-state index is 0.105. The zero-order valence-electron chi connectivity index (χ0n) is 18.6. The van der Waals surface area contributed by atoms with Crippen LogP contribution in [0.5, 0.6) is 5.88 Å². The number of benzene rings is 1. The van der Waals surface area contributed by atoms with Crippen LogP contribution in [0.1, 0.15) is 49.6 Å². The molecule has 0 radical (unpaired) electrons. The fourth-order valence-electron chi connectivity index (χ4n) is 5.02. The number of likely N-dealkylation sites (tertiary alicyclic amines) is 1. The van der Waals surface area contributed by atoms with Gasteiger partial charge in [-0.25, -0.2) is 4.98 Å². The second-order valence-electron chi connectivity index (χ2n) is 8.76. The second kappa shape index (κ2) is 8.39. The Labute approximate surface area is 184 Å². The van der Waals surface area contributed by atoms with Crippen molar-refractivity contribution >= 4 is 10.9 Å². The van der Waals surface area contributed by atoms with Crippen LogP contribution >= 0.6 is 0 Å². The molecule has 0 amide bonds. The summed E-state index contributed by atoms with van der Waals surface area (Å²) in [6, 6.07) is 12.9. The van der Waals surface area contributed by atoms with E-state index in [4.69, 9.17) is 4.74 Å². The van der Waals surface area contributed by atoms with Crippen molar-refractivity contribution in [2.24, 2.45) is 0 Å². The first-order valence-electron chi connectivity index (χ1n) is 11.6. The highest BCUT2D eigenvalue weighted by Crippen LogP contribution is 2.40. The van der Waals surface area contributed by atoms with Gasteiger partial charge in [0.15, 0.2) is 0 Å². The number of para-hydroxylation sites is 1. The van der Waals surface area contributed by atoms with Crippen LogP contribution in [0.2, 0.25) is 0 Å². The summed E-state index contributed by atoms with van der Waals surface area (Å²) in [6.45, 7) is 12.9. The topological polar surface area (TPSA) is 44.4 Å². The second-order valence-corrected chi connectivity index (χ2v) is 8.76. The highest BCUT2D eigenvalue weighted by molar-refractivity contribution is 5.85. The van der Waals surface area contributed by atoms with Gasteiger partial charge in [0.2, 0.25) is 5.88 Å². The Morgan fingerprint density at radius 3 is 2.77 bits per heavy atom. The average molecular weight is 417 g/mol. The Balaban J connectivity index is 1.42. The Bertz CT molecular complexity index is 1060. The normalized spacial score (nSPS) is 19.3. The molecule has 2 aliphatic rings. The van der Waals surface area contributed by atoms with Gasteiger partial charge in [0.1, 0.15) is 6.10 Å². The van der Waals surface area contributed by atoms with Crippen LogP contribution in [0.25, 0.3) is 10.9 Å².